The maximum atomic E-state index is 3.68. The average Bonchev–Trinajstić information content (AvgIpc) is 3.12. The Hall–Kier alpha value is -0.160. The Balaban J connectivity index is 1.81. The fourth-order valence-electron chi connectivity index (χ4n) is 2.83. The second kappa shape index (κ2) is 5.68. The van der Waals surface area contributed by atoms with Crippen LogP contribution in [0.25, 0.3) is 0 Å². The number of hydrogen-bond donors (Lipinski definition) is 1. The lowest BCUT2D eigenvalue weighted by Gasteiger charge is -2.16. The minimum atomic E-state index is 0.433. The van der Waals surface area contributed by atoms with Crippen LogP contribution < -0.4 is 5.32 Å². The number of rotatable bonds is 4. The lowest BCUT2D eigenvalue weighted by molar-refractivity contribution is 0.517. The van der Waals surface area contributed by atoms with Crippen LogP contribution in [-0.2, 0) is 0 Å². The van der Waals surface area contributed by atoms with Gasteiger partial charge in [-0.2, -0.15) is 0 Å². The zero-order valence-corrected chi connectivity index (χ0v) is 14.6. The second-order valence-electron chi connectivity index (χ2n) is 4.96. The highest BCUT2D eigenvalue weighted by molar-refractivity contribution is 9.12. The largest absolute Gasteiger partial charge is 0.313 e. The van der Waals surface area contributed by atoms with Crippen LogP contribution in [0, 0.1) is 5.92 Å². The maximum Gasteiger partial charge on any atom is 0.0758 e. The summed E-state index contributed by atoms with van der Waals surface area (Å²) in [5, 5.41) is 3.49. The molecule has 3 atom stereocenters. The van der Waals surface area contributed by atoms with Crippen molar-refractivity contribution in [3.05, 3.63) is 55.1 Å². The number of nitrogens with one attached hydrogen (secondary N) is 1. The lowest BCUT2D eigenvalue weighted by Crippen LogP contribution is -2.18. The zero-order valence-electron chi connectivity index (χ0n) is 10.6. The molecule has 0 saturated heterocycles. The van der Waals surface area contributed by atoms with Gasteiger partial charge >= 0.3 is 0 Å². The standard InChI is InChI=1S/C15H15Br2NS/c1-18-14(12-8-13(16)19-15(12)17)11-7-10(11)9-5-3-2-4-6-9/h2-6,8,10-11,14,18H,7H2,1H3. The van der Waals surface area contributed by atoms with Gasteiger partial charge in [0.15, 0.2) is 0 Å². The van der Waals surface area contributed by atoms with Crippen molar-refractivity contribution in [1.29, 1.82) is 0 Å². The summed E-state index contributed by atoms with van der Waals surface area (Å²) in [4.78, 5) is 0. The summed E-state index contributed by atoms with van der Waals surface area (Å²) >= 11 is 9.00. The van der Waals surface area contributed by atoms with E-state index in [0.717, 1.165) is 0 Å². The molecule has 4 heteroatoms. The molecule has 0 radical (unpaired) electrons. The molecule has 1 heterocycles. The molecule has 1 aliphatic rings. The van der Waals surface area contributed by atoms with Gasteiger partial charge in [-0.1, -0.05) is 30.3 Å². The molecule has 0 spiro atoms. The predicted molar refractivity (Wildman–Crippen MR) is 88.8 cm³/mol. The van der Waals surface area contributed by atoms with Crippen LogP contribution in [0.15, 0.2) is 44.0 Å². The summed E-state index contributed by atoms with van der Waals surface area (Å²) in [6.07, 6.45) is 1.27. The van der Waals surface area contributed by atoms with Crippen LogP contribution in [0.3, 0.4) is 0 Å². The van der Waals surface area contributed by atoms with E-state index in [0.29, 0.717) is 17.9 Å². The molecule has 1 nitrogen and oxygen atoms in total. The van der Waals surface area contributed by atoms with Gasteiger partial charge < -0.3 is 5.32 Å². The highest BCUT2D eigenvalue weighted by Crippen LogP contribution is 2.55. The average molecular weight is 401 g/mol. The van der Waals surface area contributed by atoms with E-state index >= 15 is 0 Å². The van der Waals surface area contributed by atoms with Gasteiger partial charge in [-0.3, -0.25) is 0 Å². The van der Waals surface area contributed by atoms with E-state index in [1.54, 1.807) is 11.3 Å². The number of hydrogen-bond acceptors (Lipinski definition) is 2. The van der Waals surface area contributed by atoms with Crippen molar-refractivity contribution >= 4 is 43.2 Å². The molecule has 100 valence electrons. The van der Waals surface area contributed by atoms with Crippen LogP contribution in [0.1, 0.15) is 29.5 Å². The van der Waals surface area contributed by atoms with E-state index in [9.17, 15) is 0 Å². The molecule has 0 bridgehead atoms. The summed E-state index contributed by atoms with van der Waals surface area (Å²) in [6.45, 7) is 0. The van der Waals surface area contributed by atoms with Crippen LogP contribution in [0.5, 0.6) is 0 Å². The van der Waals surface area contributed by atoms with Gasteiger partial charge in [0.1, 0.15) is 0 Å². The van der Waals surface area contributed by atoms with Gasteiger partial charge in [0.2, 0.25) is 0 Å². The molecule has 0 aliphatic heterocycles. The van der Waals surface area contributed by atoms with E-state index in [4.69, 9.17) is 0 Å². The third-order valence-electron chi connectivity index (χ3n) is 3.82. The van der Waals surface area contributed by atoms with Crippen molar-refractivity contribution in [2.24, 2.45) is 5.92 Å². The Morgan fingerprint density at radius 2 is 2.00 bits per heavy atom. The first kappa shape index (κ1) is 13.8. The quantitative estimate of drug-likeness (QED) is 0.730. The molecule has 3 unspecified atom stereocenters. The molecular weight excluding hydrogens is 386 g/mol. The molecule has 3 rings (SSSR count). The van der Waals surface area contributed by atoms with Gasteiger partial charge in [0, 0.05) is 6.04 Å². The highest BCUT2D eigenvalue weighted by Gasteiger charge is 2.44. The minimum absolute atomic E-state index is 0.433. The summed E-state index contributed by atoms with van der Waals surface area (Å²) < 4.78 is 2.42. The number of thiophene rings is 1. The summed E-state index contributed by atoms with van der Waals surface area (Å²) in [7, 11) is 2.06. The number of halogens is 2. The Kier molecular flexibility index (Phi) is 4.13. The number of benzene rings is 1. The van der Waals surface area contributed by atoms with Crippen molar-refractivity contribution < 1.29 is 0 Å². The Bertz CT molecular complexity index is 567. The van der Waals surface area contributed by atoms with Crippen molar-refractivity contribution in [2.75, 3.05) is 7.05 Å². The van der Waals surface area contributed by atoms with Gasteiger partial charge in [0.05, 0.1) is 7.57 Å². The van der Waals surface area contributed by atoms with Crippen LogP contribution in [0.4, 0.5) is 0 Å². The molecule has 1 saturated carbocycles. The monoisotopic (exact) mass is 399 g/mol. The van der Waals surface area contributed by atoms with E-state index < -0.39 is 0 Å². The van der Waals surface area contributed by atoms with Crippen molar-refractivity contribution in [1.82, 2.24) is 5.32 Å². The molecule has 0 amide bonds. The third-order valence-corrected chi connectivity index (χ3v) is 6.21. The van der Waals surface area contributed by atoms with Gasteiger partial charge in [0.25, 0.3) is 0 Å². The second-order valence-corrected chi connectivity index (χ2v) is 8.71. The van der Waals surface area contributed by atoms with E-state index in [1.165, 1.54) is 25.1 Å². The third kappa shape index (κ3) is 2.82. The molecule has 1 fully saturated rings. The molecule has 2 aromatic rings. The Morgan fingerprint density at radius 1 is 1.26 bits per heavy atom. The van der Waals surface area contributed by atoms with E-state index in [2.05, 4.69) is 80.6 Å². The highest BCUT2D eigenvalue weighted by atomic mass is 79.9. The molecular formula is C15H15Br2NS. The van der Waals surface area contributed by atoms with Gasteiger partial charge in [-0.15, -0.1) is 11.3 Å². The normalized spacial score (nSPS) is 23.3. The van der Waals surface area contributed by atoms with Crippen LogP contribution in [-0.4, -0.2) is 7.05 Å². The molecule has 1 N–H and O–H groups in total. The van der Waals surface area contributed by atoms with E-state index in [1.807, 2.05) is 0 Å². The van der Waals surface area contributed by atoms with Crippen LogP contribution in [0.2, 0.25) is 0 Å². The summed E-state index contributed by atoms with van der Waals surface area (Å²) in [6, 6.07) is 13.5. The first-order valence-electron chi connectivity index (χ1n) is 6.37. The van der Waals surface area contributed by atoms with Gasteiger partial charge in [-0.05, 0) is 74.4 Å². The maximum absolute atomic E-state index is 3.68. The van der Waals surface area contributed by atoms with Crippen molar-refractivity contribution in [3.8, 4) is 0 Å². The minimum Gasteiger partial charge on any atom is -0.313 e. The first-order valence-corrected chi connectivity index (χ1v) is 8.78. The molecule has 1 aromatic carbocycles. The Labute approximate surface area is 134 Å². The first-order chi connectivity index (χ1) is 9.20. The SMILES string of the molecule is CNC(c1cc(Br)sc1Br)C1CC1c1ccccc1. The van der Waals surface area contributed by atoms with Gasteiger partial charge in [-0.25, -0.2) is 0 Å². The topological polar surface area (TPSA) is 12.0 Å². The fraction of sp³-hybridized carbons (Fsp3) is 0.333. The van der Waals surface area contributed by atoms with E-state index in [-0.39, 0.29) is 0 Å². The predicted octanol–water partition coefficient (Wildman–Crippen LogP) is 5.34. The summed E-state index contributed by atoms with van der Waals surface area (Å²) in [5.74, 6) is 1.40. The molecule has 19 heavy (non-hydrogen) atoms. The molecule has 1 aromatic heterocycles. The van der Waals surface area contributed by atoms with Crippen molar-refractivity contribution in [3.63, 3.8) is 0 Å². The molecule has 1 aliphatic carbocycles. The smallest absolute Gasteiger partial charge is 0.0758 e. The summed E-state index contributed by atoms with van der Waals surface area (Å²) in [5.41, 5.74) is 2.85. The lowest BCUT2D eigenvalue weighted by atomic mass is 10.0. The van der Waals surface area contributed by atoms with Crippen LogP contribution >= 0.6 is 43.2 Å². The van der Waals surface area contributed by atoms with Crippen molar-refractivity contribution in [2.45, 2.75) is 18.4 Å². The fourth-order valence-corrected chi connectivity index (χ4v) is 5.76. The Morgan fingerprint density at radius 3 is 2.58 bits per heavy atom. The zero-order chi connectivity index (χ0) is 13.4.